The molecular weight excluding hydrogens is 184 g/mol. The molecule has 80 valence electrons. The third kappa shape index (κ3) is 1.33. The molecule has 1 aromatic rings. The van der Waals surface area contributed by atoms with E-state index in [-0.39, 0.29) is 11.3 Å². The fourth-order valence-electron chi connectivity index (χ4n) is 3.06. The maximum absolute atomic E-state index is 12.3. The number of rotatable bonds is 1. The minimum atomic E-state index is -0.0121. The molecule has 2 rings (SSSR count). The predicted molar refractivity (Wildman–Crippen MR) is 62.1 cm³/mol. The molecule has 0 spiro atoms. The van der Waals surface area contributed by atoms with Crippen LogP contribution in [0.3, 0.4) is 0 Å². The molecule has 1 aliphatic rings. The molecule has 1 unspecified atom stereocenters. The van der Waals surface area contributed by atoms with Crippen LogP contribution in [0.1, 0.15) is 43.6 Å². The second-order valence-electron chi connectivity index (χ2n) is 5.35. The highest BCUT2D eigenvalue weighted by Crippen LogP contribution is 2.45. The third-order valence-electron chi connectivity index (χ3n) is 3.61. The van der Waals surface area contributed by atoms with Crippen molar-refractivity contribution in [2.45, 2.75) is 33.1 Å². The molecule has 1 atom stereocenters. The Morgan fingerprint density at radius 2 is 1.80 bits per heavy atom. The fourth-order valence-corrected chi connectivity index (χ4v) is 3.06. The molecule has 0 saturated carbocycles. The first-order chi connectivity index (χ1) is 6.96. The number of hydrogen-bond acceptors (Lipinski definition) is 1. The van der Waals surface area contributed by atoms with Gasteiger partial charge in [0.05, 0.1) is 0 Å². The highest BCUT2D eigenvalue weighted by molar-refractivity contribution is 6.04. The minimum Gasteiger partial charge on any atom is -0.294 e. The first-order valence-corrected chi connectivity index (χ1v) is 5.60. The summed E-state index contributed by atoms with van der Waals surface area (Å²) in [6, 6.07) is 8.03. The smallest absolute Gasteiger partial charge is 0.167 e. The lowest BCUT2D eigenvalue weighted by Crippen LogP contribution is -2.31. The van der Waals surface area contributed by atoms with Gasteiger partial charge < -0.3 is 0 Å². The zero-order chi connectivity index (χ0) is 11.2. The third-order valence-corrected chi connectivity index (χ3v) is 3.61. The average molecular weight is 202 g/mol. The van der Waals surface area contributed by atoms with E-state index in [0.29, 0.717) is 11.7 Å². The number of fused-ring (bicyclic) bond motifs is 1. The molecule has 0 N–H and O–H groups in total. The van der Waals surface area contributed by atoms with Crippen molar-refractivity contribution in [2.75, 3.05) is 0 Å². The number of carbonyl (C=O) groups is 1. The summed E-state index contributed by atoms with van der Waals surface area (Å²) in [5, 5.41) is 0. The Morgan fingerprint density at radius 1 is 1.20 bits per heavy atom. The molecule has 1 aromatic carbocycles. The summed E-state index contributed by atoms with van der Waals surface area (Å²) in [4.78, 5) is 12.3. The largest absolute Gasteiger partial charge is 0.294 e. The van der Waals surface area contributed by atoms with Crippen molar-refractivity contribution in [1.29, 1.82) is 0 Å². The van der Waals surface area contributed by atoms with E-state index in [1.54, 1.807) is 0 Å². The summed E-state index contributed by atoms with van der Waals surface area (Å²) in [7, 11) is 0. The Kier molecular flexibility index (Phi) is 2.22. The molecule has 0 aliphatic heterocycles. The Bertz CT molecular complexity index is 402. The van der Waals surface area contributed by atoms with Crippen LogP contribution in [0.2, 0.25) is 0 Å². The highest BCUT2D eigenvalue weighted by Gasteiger charge is 2.46. The zero-order valence-corrected chi connectivity index (χ0v) is 9.87. The SMILES string of the molecule is CC(C)C1C(=O)c2ccccc2C1(C)C. The number of carbonyl (C=O) groups excluding carboxylic acids is 1. The predicted octanol–water partition coefficient (Wildman–Crippen LogP) is 3.43. The number of benzene rings is 1. The molecule has 0 amide bonds. The number of Topliss-reactive ketones (excluding diaryl/α,β-unsaturated/α-hetero) is 1. The quantitative estimate of drug-likeness (QED) is 0.682. The average Bonchev–Trinajstić information content (AvgIpc) is 2.36. The van der Waals surface area contributed by atoms with Gasteiger partial charge in [0.1, 0.15) is 0 Å². The second-order valence-corrected chi connectivity index (χ2v) is 5.35. The van der Waals surface area contributed by atoms with Gasteiger partial charge in [0.2, 0.25) is 0 Å². The molecule has 1 nitrogen and oxygen atoms in total. The van der Waals surface area contributed by atoms with Gasteiger partial charge in [-0.3, -0.25) is 4.79 Å². The lowest BCUT2D eigenvalue weighted by Gasteiger charge is -2.29. The first-order valence-electron chi connectivity index (χ1n) is 5.60. The fraction of sp³-hybridized carbons (Fsp3) is 0.500. The maximum Gasteiger partial charge on any atom is 0.167 e. The van der Waals surface area contributed by atoms with Gasteiger partial charge in [-0.15, -0.1) is 0 Å². The molecule has 0 heterocycles. The molecule has 1 aliphatic carbocycles. The number of ketones is 1. The van der Waals surface area contributed by atoms with Crippen LogP contribution >= 0.6 is 0 Å². The van der Waals surface area contributed by atoms with Gasteiger partial charge in [0.25, 0.3) is 0 Å². The van der Waals surface area contributed by atoms with E-state index < -0.39 is 0 Å². The highest BCUT2D eigenvalue weighted by atomic mass is 16.1. The Labute approximate surface area is 91.5 Å². The van der Waals surface area contributed by atoms with Crippen molar-refractivity contribution in [1.82, 2.24) is 0 Å². The summed E-state index contributed by atoms with van der Waals surface area (Å²) in [6.07, 6.45) is 0. The molecule has 0 aromatic heterocycles. The Hall–Kier alpha value is -1.11. The van der Waals surface area contributed by atoms with E-state index in [1.165, 1.54) is 5.56 Å². The molecular formula is C14H18O. The van der Waals surface area contributed by atoms with Crippen LogP contribution in [0.15, 0.2) is 24.3 Å². The number of hydrogen-bond donors (Lipinski definition) is 0. The van der Waals surface area contributed by atoms with Gasteiger partial charge >= 0.3 is 0 Å². The Balaban J connectivity index is 2.60. The van der Waals surface area contributed by atoms with Crippen LogP contribution in [0.5, 0.6) is 0 Å². The second kappa shape index (κ2) is 3.19. The van der Waals surface area contributed by atoms with E-state index in [4.69, 9.17) is 0 Å². The summed E-state index contributed by atoms with van der Waals surface area (Å²) in [6.45, 7) is 8.63. The van der Waals surface area contributed by atoms with Crippen LogP contribution in [0.25, 0.3) is 0 Å². The summed E-state index contributed by atoms with van der Waals surface area (Å²) in [5.74, 6) is 0.861. The van der Waals surface area contributed by atoms with Gasteiger partial charge in [-0.25, -0.2) is 0 Å². The monoisotopic (exact) mass is 202 g/mol. The van der Waals surface area contributed by atoms with Crippen molar-refractivity contribution in [3.63, 3.8) is 0 Å². The van der Waals surface area contributed by atoms with Gasteiger partial charge in [-0.2, -0.15) is 0 Å². The minimum absolute atomic E-state index is 0.0121. The molecule has 15 heavy (non-hydrogen) atoms. The van der Waals surface area contributed by atoms with Gasteiger partial charge in [0.15, 0.2) is 5.78 Å². The maximum atomic E-state index is 12.3. The van der Waals surface area contributed by atoms with Crippen molar-refractivity contribution >= 4 is 5.78 Å². The van der Waals surface area contributed by atoms with Crippen molar-refractivity contribution < 1.29 is 4.79 Å². The van der Waals surface area contributed by atoms with E-state index in [9.17, 15) is 4.79 Å². The van der Waals surface area contributed by atoms with Gasteiger partial charge in [0, 0.05) is 16.9 Å². The van der Waals surface area contributed by atoms with Crippen molar-refractivity contribution in [2.24, 2.45) is 11.8 Å². The summed E-state index contributed by atoms with van der Waals surface area (Å²) >= 11 is 0. The normalized spacial score (nSPS) is 23.3. The van der Waals surface area contributed by atoms with Crippen LogP contribution in [0, 0.1) is 11.8 Å². The van der Waals surface area contributed by atoms with Gasteiger partial charge in [-0.1, -0.05) is 52.0 Å². The standard InChI is InChI=1S/C14H18O/c1-9(2)12-13(15)10-7-5-6-8-11(10)14(12,3)4/h5-9,12H,1-4H3. The zero-order valence-electron chi connectivity index (χ0n) is 9.87. The lowest BCUT2D eigenvalue weighted by atomic mass is 9.73. The van der Waals surface area contributed by atoms with Crippen LogP contribution in [-0.2, 0) is 5.41 Å². The Morgan fingerprint density at radius 3 is 2.33 bits per heavy atom. The molecule has 0 radical (unpaired) electrons. The van der Waals surface area contributed by atoms with E-state index in [0.717, 1.165) is 5.56 Å². The van der Waals surface area contributed by atoms with E-state index in [2.05, 4.69) is 33.8 Å². The molecule has 0 fully saturated rings. The van der Waals surface area contributed by atoms with Gasteiger partial charge in [-0.05, 0) is 11.5 Å². The van der Waals surface area contributed by atoms with E-state index >= 15 is 0 Å². The molecule has 1 heteroatoms. The van der Waals surface area contributed by atoms with Crippen molar-refractivity contribution in [3.05, 3.63) is 35.4 Å². The summed E-state index contributed by atoms with van der Waals surface area (Å²) in [5.41, 5.74) is 2.14. The van der Waals surface area contributed by atoms with E-state index in [1.807, 2.05) is 18.2 Å². The summed E-state index contributed by atoms with van der Waals surface area (Å²) < 4.78 is 0. The topological polar surface area (TPSA) is 17.1 Å². The first kappa shape index (κ1) is 10.4. The van der Waals surface area contributed by atoms with Crippen LogP contribution < -0.4 is 0 Å². The van der Waals surface area contributed by atoms with Crippen LogP contribution in [0.4, 0.5) is 0 Å². The lowest BCUT2D eigenvalue weighted by molar-refractivity contribution is 0.0851. The van der Waals surface area contributed by atoms with Crippen LogP contribution in [-0.4, -0.2) is 5.78 Å². The molecule has 0 saturated heterocycles. The molecule has 0 bridgehead atoms. The van der Waals surface area contributed by atoms with Crippen molar-refractivity contribution in [3.8, 4) is 0 Å².